The molecule has 0 heterocycles. The molecule has 4 nitrogen and oxygen atoms in total. The minimum Gasteiger partial charge on any atom is -0.389 e. The van der Waals surface area contributed by atoms with Gasteiger partial charge in [0.2, 0.25) is 0 Å². The van der Waals surface area contributed by atoms with Crippen LogP contribution in [0.2, 0.25) is 0 Å². The first-order valence-corrected chi connectivity index (χ1v) is 6.56. The Morgan fingerprint density at radius 1 is 1.12 bits per heavy atom. The van der Waals surface area contributed by atoms with E-state index in [1.165, 1.54) is 0 Å². The first-order chi connectivity index (χ1) is 7.98. The lowest BCUT2D eigenvalue weighted by atomic mass is 10.00. The molecule has 0 fully saturated rings. The Morgan fingerprint density at radius 3 is 2.35 bits per heavy atom. The molecule has 0 aromatic rings. The zero-order valence-corrected chi connectivity index (χ0v) is 11.6. The van der Waals surface area contributed by atoms with Gasteiger partial charge < -0.3 is 20.3 Å². The highest BCUT2D eigenvalue weighted by Gasteiger charge is 2.16. The molecule has 104 valence electrons. The number of aliphatic hydroxyl groups is 1. The van der Waals surface area contributed by atoms with Gasteiger partial charge in [-0.1, -0.05) is 13.8 Å². The van der Waals surface area contributed by atoms with E-state index in [4.69, 9.17) is 15.2 Å². The van der Waals surface area contributed by atoms with Crippen LogP contribution in [0.25, 0.3) is 0 Å². The normalized spacial score (nSPS) is 15.2. The summed E-state index contributed by atoms with van der Waals surface area (Å²) in [4.78, 5) is 0. The summed E-state index contributed by atoms with van der Waals surface area (Å²) < 4.78 is 10.8. The van der Waals surface area contributed by atoms with E-state index in [2.05, 4.69) is 13.8 Å². The molecule has 0 bridgehead atoms. The maximum atomic E-state index is 9.66. The highest BCUT2D eigenvalue weighted by atomic mass is 16.5. The quantitative estimate of drug-likeness (QED) is 0.544. The van der Waals surface area contributed by atoms with E-state index in [9.17, 15) is 5.11 Å². The lowest BCUT2D eigenvalue weighted by Gasteiger charge is -2.20. The largest absolute Gasteiger partial charge is 0.389 e. The second-order valence-electron chi connectivity index (χ2n) is 5.24. The molecule has 0 aliphatic heterocycles. The molecule has 0 saturated heterocycles. The smallest absolute Gasteiger partial charge is 0.0741 e. The summed E-state index contributed by atoms with van der Waals surface area (Å²) in [5.41, 5.74) is 4.71. The van der Waals surface area contributed by atoms with Gasteiger partial charge in [0.1, 0.15) is 0 Å². The maximum Gasteiger partial charge on any atom is 0.0741 e. The number of hydrogen-bond donors (Lipinski definition) is 2. The third-order valence-electron chi connectivity index (χ3n) is 2.52. The fourth-order valence-electron chi connectivity index (χ4n) is 1.35. The van der Waals surface area contributed by atoms with Crippen molar-refractivity contribution in [2.45, 2.75) is 45.6 Å². The van der Waals surface area contributed by atoms with Gasteiger partial charge in [-0.25, -0.2) is 0 Å². The topological polar surface area (TPSA) is 64.7 Å². The Kier molecular flexibility index (Phi) is 9.74. The van der Waals surface area contributed by atoms with Gasteiger partial charge in [0.05, 0.1) is 18.8 Å². The summed E-state index contributed by atoms with van der Waals surface area (Å²) in [6.07, 6.45) is 2.63. The van der Waals surface area contributed by atoms with Gasteiger partial charge in [-0.15, -0.1) is 0 Å². The standard InChI is InChI=1S/C13H29NO3/c1-12(2)10-17-9-8-16-7-5-4-6-13(3,15)11-14/h12,15H,4-11,14H2,1-3H3. The second kappa shape index (κ2) is 9.83. The van der Waals surface area contributed by atoms with Gasteiger partial charge in [-0.05, 0) is 32.1 Å². The number of rotatable bonds is 11. The van der Waals surface area contributed by atoms with Crippen molar-refractivity contribution in [3.63, 3.8) is 0 Å². The molecule has 3 N–H and O–H groups in total. The Hall–Kier alpha value is -0.160. The molecule has 0 rings (SSSR count). The fraction of sp³-hybridized carbons (Fsp3) is 1.00. The highest BCUT2D eigenvalue weighted by Crippen LogP contribution is 2.11. The molecule has 0 radical (unpaired) electrons. The Balaban J connectivity index is 3.14. The van der Waals surface area contributed by atoms with E-state index in [1.54, 1.807) is 6.92 Å². The summed E-state index contributed by atoms with van der Waals surface area (Å²) in [5, 5.41) is 9.66. The molecule has 0 aliphatic rings. The summed E-state index contributed by atoms with van der Waals surface area (Å²) in [5.74, 6) is 0.577. The summed E-state index contributed by atoms with van der Waals surface area (Å²) in [7, 11) is 0. The molecule has 0 amide bonds. The van der Waals surface area contributed by atoms with Crippen molar-refractivity contribution >= 4 is 0 Å². The lowest BCUT2D eigenvalue weighted by molar-refractivity contribution is 0.0308. The fourth-order valence-corrected chi connectivity index (χ4v) is 1.35. The van der Waals surface area contributed by atoms with Crippen molar-refractivity contribution in [2.75, 3.05) is 33.0 Å². The molecule has 1 unspecified atom stereocenters. The average Bonchev–Trinajstić information content (AvgIpc) is 2.26. The first kappa shape index (κ1) is 16.8. The van der Waals surface area contributed by atoms with Gasteiger partial charge in [0, 0.05) is 19.8 Å². The number of unbranched alkanes of at least 4 members (excludes halogenated alkanes) is 1. The van der Waals surface area contributed by atoms with Crippen LogP contribution in [0, 0.1) is 5.92 Å². The molecule has 0 aromatic carbocycles. The average molecular weight is 247 g/mol. The molecular formula is C13H29NO3. The molecule has 4 heteroatoms. The summed E-state index contributed by atoms with van der Waals surface area (Å²) >= 11 is 0. The molecule has 0 aliphatic carbocycles. The van der Waals surface area contributed by atoms with Crippen LogP contribution in [0.3, 0.4) is 0 Å². The van der Waals surface area contributed by atoms with Crippen LogP contribution in [0.15, 0.2) is 0 Å². The van der Waals surface area contributed by atoms with E-state index in [1.807, 2.05) is 0 Å². The third kappa shape index (κ3) is 12.1. The Morgan fingerprint density at radius 2 is 1.76 bits per heavy atom. The third-order valence-corrected chi connectivity index (χ3v) is 2.52. The monoisotopic (exact) mass is 247 g/mol. The van der Waals surface area contributed by atoms with Gasteiger partial charge in [-0.3, -0.25) is 0 Å². The summed E-state index contributed by atoms with van der Waals surface area (Å²) in [6, 6.07) is 0. The minimum absolute atomic E-state index is 0.316. The van der Waals surface area contributed by atoms with Crippen LogP contribution in [0.4, 0.5) is 0 Å². The predicted molar refractivity (Wildman–Crippen MR) is 70.0 cm³/mol. The van der Waals surface area contributed by atoms with Crippen LogP contribution < -0.4 is 5.73 Å². The van der Waals surface area contributed by atoms with Gasteiger partial charge in [0.15, 0.2) is 0 Å². The van der Waals surface area contributed by atoms with Gasteiger partial charge in [-0.2, -0.15) is 0 Å². The zero-order valence-electron chi connectivity index (χ0n) is 11.6. The predicted octanol–water partition coefficient (Wildman–Crippen LogP) is 1.56. The van der Waals surface area contributed by atoms with Crippen LogP contribution in [-0.4, -0.2) is 43.7 Å². The first-order valence-electron chi connectivity index (χ1n) is 6.56. The molecular weight excluding hydrogens is 218 g/mol. The van der Waals surface area contributed by atoms with Crippen molar-refractivity contribution in [2.24, 2.45) is 11.7 Å². The van der Waals surface area contributed by atoms with Gasteiger partial charge >= 0.3 is 0 Å². The van der Waals surface area contributed by atoms with E-state index in [0.29, 0.717) is 25.7 Å². The van der Waals surface area contributed by atoms with Crippen LogP contribution in [-0.2, 0) is 9.47 Å². The van der Waals surface area contributed by atoms with Crippen LogP contribution in [0.1, 0.15) is 40.0 Å². The van der Waals surface area contributed by atoms with Gasteiger partial charge in [0.25, 0.3) is 0 Å². The van der Waals surface area contributed by atoms with Crippen molar-refractivity contribution in [1.29, 1.82) is 0 Å². The van der Waals surface area contributed by atoms with Crippen molar-refractivity contribution in [1.82, 2.24) is 0 Å². The van der Waals surface area contributed by atoms with E-state index < -0.39 is 5.60 Å². The maximum absolute atomic E-state index is 9.66. The molecule has 0 spiro atoms. The highest BCUT2D eigenvalue weighted by molar-refractivity contribution is 4.72. The zero-order chi connectivity index (χ0) is 13.1. The van der Waals surface area contributed by atoms with Crippen molar-refractivity contribution < 1.29 is 14.6 Å². The van der Waals surface area contributed by atoms with Crippen molar-refractivity contribution in [3.8, 4) is 0 Å². The summed E-state index contributed by atoms with van der Waals surface area (Å²) in [6.45, 7) is 9.19. The van der Waals surface area contributed by atoms with Crippen molar-refractivity contribution in [3.05, 3.63) is 0 Å². The molecule has 0 aromatic heterocycles. The molecule has 17 heavy (non-hydrogen) atoms. The van der Waals surface area contributed by atoms with E-state index in [-0.39, 0.29) is 0 Å². The Labute approximate surface area is 105 Å². The molecule has 1 atom stereocenters. The number of nitrogens with two attached hydrogens (primary N) is 1. The Bertz CT molecular complexity index is 172. The molecule has 0 saturated carbocycles. The number of hydrogen-bond acceptors (Lipinski definition) is 4. The van der Waals surface area contributed by atoms with Crippen LogP contribution in [0.5, 0.6) is 0 Å². The lowest BCUT2D eigenvalue weighted by Crippen LogP contribution is -2.33. The van der Waals surface area contributed by atoms with Crippen LogP contribution >= 0.6 is 0 Å². The number of ether oxygens (including phenoxy) is 2. The minimum atomic E-state index is -0.722. The van der Waals surface area contributed by atoms with E-state index in [0.717, 1.165) is 32.5 Å². The van der Waals surface area contributed by atoms with E-state index >= 15 is 0 Å². The second-order valence-corrected chi connectivity index (χ2v) is 5.24. The SMILES string of the molecule is CC(C)COCCOCCCCC(C)(O)CN.